The number of carbonyl (C=O) groups excluding carboxylic acids is 1. The summed E-state index contributed by atoms with van der Waals surface area (Å²) in [5.41, 5.74) is 0.140. The lowest BCUT2D eigenvalue weighted by Crippen LogP contribution is -2.46. The fourth-order valence-electron chi connectivity index (χ4n) is 4.95. The molecule has 0 N–H and O–H groups in total. The topological polar surface area (TPSA) is 99.2 Å². The van der Waals surface area contributed by atoms with Crippen molar-refractivity contribution in [3.8, 4) is 17.2 Å². The first-order valence-corrected chi connectivity index (χ1v) is 11.8. The first-order chi connectivity index (χ1) is 17.9. The van der Waals surface area contributed by atoms with E-state index in [1.807, 2.05) is 32.0 Å². The van der Waals surface area contributed by atoms with Crippen molar-refractivity contribution in [2.75, 3.05) is 11.7 Å². The van der Waals surface area contributed by atoms with E-state index in [-0.39, 0.29) is 19.4 Å². The monoisotopic (exact) mass is 500 g/mol. The van der Waals surface area contributed by atoms with Gasteiger partial charge in [-0.05, 0) is 55.8 Å². The average molecular weight is 501 g/mol. The summed E-state index contributed by atoms with van der Waals surface area (Å²) in [4.78, 5) is 43.6. The maximum absolute atomic E-state index is 14.0. The molecular weight excluding hydrogens is 476 g/mol. The highest BCUT2D eigenvalue weighted by atomic mass is 16.7. The zero-order chi connectivity index (χ0) is 25.7. The van der Waals surface area contributed by atoms with Gasteiger partial charge in [-0.25, -0.2) is 14.4 Å². The molecule has 1 aromatic heterocycles. The molecule has 10 heteroatoms. The number of amides is 2. The number of urea groups is 1. The third-order valence-corrected chi connectivity index (χ3v) is 6.80. The van der Waals surface area contributed by atoms with E-state index < -0.39 is 23.2 Å². The van der Waals surface area contributed by atoms with Gasteiger partial charge in [0.1, 0.15) is 0 Å². The molecule has 0 radical (unpaired) electrons. The molecule has 4 aromatic rings. The Kier molecular flexibility index (Phi) is 5.18. The highest BCUT2D eigenvalue weighted by molar-refractivity contribution is 5.95. The predicted octanol–water partition coefficient (Wildman–Crippen LogP) is 3.74. The van der Waals surface area contributed by atoms with Gasteiger partial charge in [-0.2, -0.15) is 4.57 Å². The van der Waals surface area contributed by atoms with Gasteiger partial charge in [0.05, 0.1) is 11.2 Å². The van der Waals surface area contributed by atoms with Gasteiger partial charge < -0.3 is 18.9 Å². The lowest BCUT2D eigenvalue weighted by molar-refractivity contribution is 0.0930. The summed E-state index contributed by atoms with van der Waals surface area (Å²) >= 11 is 0. The Labute approximate surface area is 211 Å². The lowest BCUT2D eigenvalue weighted by Gasteiger charge is -2.34. The average Bonchev–Trinajstić information content (AvgIpc) is 3.53. The molecule has 6 rings (SSSR count). The van der Waals surface area contributed by atoms with Gasteiger partial charge >= 0.3 is 17.5 Å². The van der Waals surface area contributed by atoms with Crippen LogP contribution in [0.25, 0.3) is 5.69 Å². The second-order valence-corrected chi connectivity index (χ2v) is 9.43. The Hall–Kier alpha value is -4.73. The molecule has 3 aromatic carbocycles. The van der Waals surface area contributed by atoms with Crippen molar-refractivity contribution >= 4 is 11.7 Å². The summed E-state index contributed by atoms with van der Waals surface area (Å²) < 4.78 is 18.4. The Balaban J connectivity index is 1.47. The quantitative estimate of drug-likeness (QED) is 0.414. The molecule has 2 aliphatic heterocycles. The number of carbonyl (C=O) groups is 1. The normalized spacial score (nSPS) is 18.0. The smallest absolute Gasteiger partial charge is 0.447 e. The largest absolute Gasteiger partial charge is 0.454 e. The molecule has 1 fully saturated rings. The minimum atomic E-state index is -0.966. The van der Waals surface area contributed by atoms with E-state index in [4.69, 9.17) is 14.0 Å². The number of aromatic nitrogens is 2. The maximum Gasteiger partial charge on any atom is 0.447 e. The molecule has 37 heavy (non-hydrogen) atoms. The van der Waals surface area contributed by atoms with E-state index in [1.165, 1.54) is 4.90 Å². The van der Waals surface area contributed by atoms with Crippen molar-refractivity contribution in [3.05, 3.63) is 105 Å². The maximum atomic E-state index is 14.0. The molecule has 1 atom stereocenters. The SMILES string of the molecule is CC1(C)[C@H](n2oc(=O)n(-c3ccccc3)c2=O)N(c2ccccc2)C(=O)N1Cc1ccc2c(c1)OCO2. The molecular formula is C27H24N4O6. The Bertz CT molecular complexity index is 1590. The second kappa shape index (κ2) is 8.44. The van der Waals surface area contributed by atoms with E-state index in [0.717, 1.165) is 14.9 Å². The van der Waals surface area contributed by atoms with Gasteiger partial charge in [-0.1, -0.05) is 42.5 Å². The first-order valence-electron chi connectivity index (χ1n) is 11.8. The molecule has 1 saturated heterocycles. The van der Waals surface area contributed by atoms with Crippen molar-refractivity contribution in [2.45, 2.75) is 32.1 Å². The van der Waals surface area contributed by atoms with Gasteiger partial charge in [0, 0.05) is 12.2 Å². The third-order valence-electron chi connectivity index (χ3n) is 6.80. The van der Waals surface area contributed by atoms with Crippen molar-refractivity contribution in [1.29, 1.82) is 0 Å². The summed E-state index contributed by atoms with van der Waals surface area (Å²) in [6, 6.07) is 22.7. The minimum Gasteiger partial charge on any atom is -0.454 e. The standard InChI is InChI=1S/C27H24N4O6/c1-27(2)23(31-25(33)30(26(34)37-31)20-11-7-4-8-12-20)29(19-9-5-3-6-10-19)24(32)28(27)16-18-13-14-21-22(15-18)36-17-35-21/h3-15,23H,16-17H2,1-2H3/t23-/m0/s1. The Morgan fingerprint density at radius 3 is 2.19 bits per heavy atom. The van der Waals surface area contributed by atoms with Crippen molar-refractivity contribution in [3.63, 3.8) is 0 Å². The zero-order valence-electron chi connectivity index (χ0n) is 20.2. The van der Waals surface area contributed by atoms with Gasteiger partial charge in [-0.15, -0.1) is 4.74 Å². The van der Waals surface area contributed by atoms with E-state index in [2.05, 4.69) is 0 Å². The van der Waals surface area contributed by atoms with Crippen LogP contribution in [0.2, 0.25) is 0 Å². The van der Waals surface area contributed by atoms with Crippen LogP contribution in [0.4, 0.5) is 10.5 Å². The molecule has 0 aliphatic carbocycles. The van der Waals surface area contributed by atoms with Crippen LogP contribution < -0.4 is 25.8 Å². The van der Waals surface area contributed by atoms with Crippen molar-refractivity contribution < 1.29 is 18.8 Å². The third kappa shape index (κ3) is 3.60. The van der Waals surface area contributed by atoms with Crippen molar-refractivity contribution in [1.82, 2.24) is 14.2 Å². The highest BCUT2D eigenvalue weighted by Gasteiger charge is 2.55. The number of para-hydroxylation sites is 2. The summed E-state index contributed by atoms with van der Waals surface area (Å²) in [6.45, 7) is 4.08. The Morgan fingerprint density at radius 1 is 0.838 bits per heavy atom. The highest BCUT2D eigenvalue weighted by Crippen LogP contribution is 2.43. The van der Waals surface area contributed by atoms with E-state index >= 15 is 0 Å². The van der Waals surface area contributed by atoms with Gasteiger partial charge in [-0.3, -0.25) is 4.90 Å². The number of fused-ring (bicyclic) bond motifs is 1. The number of nitrogens with zero attached hydrogens (tertiary/aromatic N) is 4. The Morgan fingerprint density at radius 2 is 1.49 bits per heavy atom. The predicted molar refractivity (Wildman–Crippen MR) is 134 cm³/mol. The van der Waals surface area contributed by atoms with Crippen LogP contribution in [-0.4, -0.2) is 32.6 Å². The van der Waals surface area contributed by atoms with Crippen LogP contribution in [0.5, 0.6) is 11.5 Å². The lowest BCUT2D eigenvalue weighted by atomic mass is 9.99. The van der Waals surface area contributed by atoms with Gasteiger partial charge in [0.25, 0.3) is 0 Å². The fraction of sp³-hybridized carbons (Fsp3) is 0.222. The summed E-state index contributed by atoms with van der Waals surface area (Å²) in [7, 11) is 0. The van der Waals surface area contributed by atoms with Crippen LogP contribution in [0, 0.1) is 0 Å². The number of rotatable bonds is 5. The van der Waals surface area contributed by atoms with Crippen LogP contribution >= 0.6 is 0 Å². The molecule has 2 aliphatic rings. The van der Waals surface area contributed by atoms with Crippen LogP contribution in [0.15, 0.2) is 93.0 Å². The molecule has 3 heterocycles. The first kappa shape index (κ1) is 22.7. The molecule has 2 amide bonds. The number of benzene rings is 3. The molecule has 0 saturated carbocycles. The molecule has 0 spiro atoms. The zero-order valence-corrected chi connectivity index (χ0v) is 20.2. The number of anilines is 1. The minimum absolute atomic E-state index is 0.150. The summed E-state index contributed by atoms with van der Waals surface area (Å²) in [5, 5.41) is 0. The second-order valence-electron chi connectivity index (χ2n) is 9.43. The molecule has 10 nitrogen and oxygen atoms in total. The number of ether oxygens (including phenoxy) is 2. The number of hydrogen-bond donors (Lipinski definition) is 0. The van der Waals surface area contributed by atoms with E-state index in [0.29, 0.717) is 22.9 Å². The van der Waals surface area contributed by atoms with Gasteiger partial charge in [0.15, 0.2) is 17.7 Å². The van der Waals surface area contributed by atoms with Crippen molar-refractivity contribution in [2.24, 2.45) is 0 Å². The van der Waals surface area contributed by atoms with Crippen LogP contribution in [-0.2, 0) is 6.54 Å². The fourth-order valence-corrected chi connectivity index (χ4v) is 4.95. The van der Waals surface area contributed by atoms with E-state index in [9.17, 15) is 14.4 Å². The summed E-state index contributed by atoms with van der Waals surface area (Å²) in [5.74, 6) is 0.428. The van der Waals surface area contributed by atoms with E-state index in [1.54, 1.807) is 65.6 Å². The summed E-state index contributed by atoms with van der Waals surface area (Å²) in [6.07, 6.45) is -0.943. The number of hydrogen-bond acceptors (Lipinski definition) is 6. The molecule has 0 bridgehead atoms. The van der Waals surface area contributed by atoms with Gasteiger partial charge in [0.2, 0.25) is 6.79 Å². The van der Waals surface area contributed by atoms with Crippen LogP contribution in [0.3, 0.4) is 0 Å². The van der Waals surface area contributed by atoms with Crippen LogP contribution in [0.1, 0.15) is 25.6 Å². The molecule has 0 unspecified atom stereocenters. The molecule has 188 valence electrons.